The maximum atomic E-state index is 14.1. The minimum atomic E-state index is -4.55. The number of halogens is 3. The summed E-state index contributed by atoms with van der Waals surface area (Å²) in [5.74, 6) is 0.575. The number of ether oxygens (including phenoxy) is 2. The van der Waals surface area contributed by atoms with Gasteiger partial charge in [0.2, 0.25) is 0 Å². The van der Waals surface area contributed by atoms with Crippen LogP contribution in [0, 0.1) is 0 Å². The number of nitrogens with zero attached hydrogens (tertiary/aromatic N) is 3. The Labute approximate surface area is 200 Å². The molecule has 3 heterocycles. The summed E-state index contributed by atoms with van der Waals surface area (Å²) in [4.78, 5) is 15.2. The molecule has 0 fully saturated rings. The summed E-state index contributed by atoms with van der Waals surface area (Å²) in [5.41, 5.74) is 2.52. The van der Waals surface area contributed by atoms with Gasteiger partial charge in [-0.25, -0.2) is 4.68 Å². The predicted octanol–water partition coefficient (Wildman–Crippen LogP) is 5.15. The highest BCUT2D eigenvalue weighted by Crippen LogP contribution is 2.45. The van der Waals surface area contributed by atoms with E-state index in [1.165, 1.54) is 20.4 Å². The Hall–Kier alpha value is -3.69. The first kappa shape index (κ1) is 23.1. The van der Waals surface area contributed by atoms with Crippen molar-refractivity contribution >= 4 is 17.4 Å². The lowest BCUT2D eigenvalue weighted by molar-refractivity contribution is -0.173. The minimum absolute atomic E-state index is 0.0615. The molecule has 0 saturated heterocycles. The lowest BCUT2D eigenvalue weighted by Crippen LogP contribution is -2.38. The number of carbonyl (C=O) groups excluding carboxylic acids is 1. The molecule has 35 heavy (non-hydrogen) atoms. The number of fused-ring (bicyclic) bond motifs is 2. The lowest BCUT2D eigenvalue weighted by Gasteiger charge is -2.35. The Bertz CT molecular complexity index is 1260. The molecule has 184 valence electrons. The van der Waals surface area contributed by atoms with Gasteiger partial charge in [-0.15, -0.1) is 0 Å². The highest BCUT2D eigenvalue weighted by molar-refractivity contribution is 6.09. The van der Waals surface area contributed by atoms with Crippen molar-refractivity contribution in [1.29, 1.82) is 0 Å². The number of aromatic nitrogens is 2. The highest BCUT2D eigenvalue weighted by atomic mass is 19.4. The fourth-order valence-corrected chi connectivity index (χ4v) is 4.90. The molecule has 1 N–H and O–H groups in total. The molecular formula is C25H25F3N4O3. The number of amides is 1. The van der Waals surface area contributed by atoms with Gasteiger partial charge in [0, 0.05) is 18.7 Å². The summed E-state index contributed by atoms with van der Waals surface area (Å²) >= 11 is 0. The number of carbonyl (C=O) groups is 1. The number of hydrogen-bond acceptors (Lipinski definition) is 5. The molecule has 0 spiro atoms. The molecule has 7 nitrogen and oxygen atoms in total. The van der Waals surface area contributed by atoms with Crippen LogP contribution in [0.5, 0.6) is 11.5 Å². The number of nitrogens with one attached hydrogen (secondary N) is 1. The predicted molar refractivity (Wildman–Crippen MR) is 124 cm³/mol. The molecule has 0 unspecified atom stereocenters. The van der Waals surface area contributed by atoms with Crippen LogP contribution in [0.1, 0.15) is 46.4 Å². The zero-order valence-electron chi connectivity index (χ0n) is 19.3. The topological polar surface area (TPSA) is 68.6 Å². The summed E-state index contributed by atoms with van der Waals surface area (Å²) in [7, 11) is 2.96. The third-order valence-electron chi connectivity index (χ3n) is 6.63. The molecule has 10 heteroatoms. The van der Waals surface area contributed by atoms with Crippen LogP contribution in [0.25, 0.3) is 0 Å². The second-order valence-electron chi connectivity index (χ2n) is 8.64. The van der Waals surface area contributed by atoms with Crippen molar-refractivity contribution < 1.29 is 27.4 Å². The molecule has 0 bridgehead atoms. The number of rotatable bonds is 4. The number of alkyl halides is 3. The van der Waals surface area contributed by atoms with E-state index in [0.29, 0.717) is 23.6 Å². The number of anilines is 2. The molecule has 0 saturated carbocycles. The fourth-order valence-electron chi connectivity index (χ4n) is 4.90. The van der Waals surface area contributed by atoms with Crippen molar-refractivity contribution in [2.24, 2.45) is 0 Å². The average Bonchev–Trinajstić information content (AvgIpc) is 3.30. The lowest BCUT2D eigenvalue weighted by atomic mass is 9.96. The van der Waals surface area contributed by atoms with Crippen LogP contribution in [0.4, 0.5) is 24.7 Å². The molecule has 0 radical (unpaired) electrons. The second-order valence-corrected chi connectivity index (χ2v) is 8.64. The summed E-state index contributed by atoms with van der Waals surface area (Å²) < 4.78 is 53.8. The monoisotopic (exact) mass is 486 g/mol. The quantitative estimate of drug-likeness (QED) is 0.552. The maximum absolute atomic E-state index is 14.1. The van der Waals surface area contributed by atoms with Gasteiger partial charge in [-0.05, 0) is 42.2 Å². The fraction of sp³-hybridized carbons (Fsp3) is 0.360. The Morgan fingerprint density at radius 3 is 2.63 bits per heavy atom. The van der Waals surface area contributed by atoms with Gasteiger partial charge in [0.1, 0.15) is 11.4 Å². The van der Waals surface area contributed by atoms with E-state index in [-0.39, 0.29) is 23.7 Å². The Morgan fingerprint density at radius 1 is 1.11 bits per heavy atom. The van der Waals surface area contributed by atoms with E-state index in [1.807, 2.05) is 24.3 Å². The summed E-state index contributed by atoms with van der Waals surface area (Å²) in [6, 6.07) is 9.99. The smallest absolute Gasteiger partial charge is 0.410 e. The second kappa shape index (κ2) is 8.83. The SMILES string of the molecule is COc1ccc([C@H]2C[C@@H](C(F)(F)F)n3ncc(C(=O)N4CCCc5ccccc54)c3N2)cc1OC. The van der Waals surface area contributed by atoms with E-state index >= 15 is 0 Å². The third kappa shape index (κ3) is 4.06. The minimum Gasteiger partial charge on any atom is -0.493 e. The van der Waals surface area contributed by atoms with E-state index in [2.05, 4.69) is 10.4 Å². The van der Waals surface area contributed by atoms with Crippen molar-refractivity contribution in [3.63, 3.8) is 0 Å². The van der Waals surface area contributed by atoms with Crippen molar-refractivity contribution in [3.8, 4) is 11.5 Å². The molecule has 2 aromatic carbocycles. The third-order valence-corrected chi connectivity index (χ3v) is 6.63. The van der Waals surface area contributed by atoms with Gasteiger partial charge in [0.25, 0.3) is 5.91 Å². The summed E-state index contributed by atoms with van der Waals surface area (Å²) in [5, 5.41) is 7.16. The van der Waals surface area contributed by atoms with Gasteiger partial charge in [-0.1, -0.05) is 24.3 Å². The van der Waals surface area contributed by atoms with Crippen LogP contribution in [0.15, 0.2) is 48.7 Å². The number of para-hydroxylation sites is 1. The van der Waals surface area contributed by atoms with Gasteiger partial charge in [-0.2, -0.15) is 18.3 Å². The molecular weight excluding hydrogens is 461 g/mol. The van der Waals surface area contributed by atoms with Gasteiger partial charge in [-0.3, -0.25) is 4.79 Å². The van der Waals surface area contributed by atoms with E-state index in [0.717, 1.165) is 28.8 Å². The number of methoxy groups -OCH3 is 2. The van der Waals surface area contributed by atoms with Crippen LogP contribution in [-0.4, -0.2) is 42.6 Å². The standard InChI is InChI=1S/C25H25F3N4O3/c1-34-20-10-9-16(12-21(20)35-2)18-13-22(25(26,27)28)32-23(30-18)17(14-29-32)24(33)31-11-5-7-15-6-3-4-8-19(15)31/h3-4,6,8-10,12,14,18,22,30H,5,7,11,13H2,1-2H3/t18-,22+/m1/s1. The van der Waals surface area contributed by atoms with E-state index in [1.54, 1.807) is 23.1 Å². The molecule has 1 amide bonds. The van der Waals surface area contributed by atoms with Gasteiger partial charge >= 0.3 is 6.18 Å². The molecule has 5 rings (SSSR count). The Morgan fingerprint density at radius 2 is 1.89 bits per heavy atom. The summed E-state index contributed by atoms with van der Waals surface area (Å²) in [6.07, 6.45) is -1.97. The largest absolute Gasteiger partial charge is 0.493 e. The summed E-state index contributed by atoms with van der Waals surface area (Å²) in [6.45, 7) is 0.488. The van der Waals surface area contributed by atoms with E-state index in [4.69, 9.17) is 9.47 Å². The van der Waals surface area contributed by atoms with Gasteiger partial charge in [0.05, 0.1) is 26.5 Å². The molecule has 2 aliphatic heterocycles. The zero-order chi connectivity index (χ0) is 24.7. The van der Waals surface area contributed by atoms with Crippen LogP contribution < -0.4 is 19.7 Å². The van der Waals surface area contributed by atoms with Crippen molar-refractivity contribution in [1.82, 2.24) is 9.78 Å². The number of hydrogen-bond donors (Lipinski definition) is 1. The van der Waals surface area contributed by atoms with Crippen LogP contribution in [0.3, 0.4) is 0 Å². The van der Waals surface area contributed by atoms with Crippen molar-refractivity contribution in [2.75, 3.05) is 31.0 Å². The molecule has 1 aromatic heterocycles. The number of aryl methyl sites for hydroxylation is 1. The van der Waals surface area contributed by atoms with Gasteiger partial charge < -0.3 is 19.7 Å². The normalized spacial score (nSPS) is 19.4. The van der Waals surface area contributed by atoms with Crippen LogP contribution in [0.2, 0.25) is 0 Å². The first-order valence-corrected chi connectivity index (χ1v) is 11.3. The Balaban J connectivity index is 1.54. The highest BCUT2D eigenvalue weighted by Gasteiger charge is 2.47. The zero-order valence-corrected chi connectivity index (χ0v) is 19.3. The van der Waals surface area contributed by atoms with E-state index in [9.17, 15) is 18.0 Å². The van der Waals surface area contributed by atoms with Crippen LogP contribution >= 0.6 is 0 Å². The van der Waals surface area contributed by atoms with Gasteiger partial charge in [0.15, 0.2) is 17.5 Å². The van der Waals surface area contributed by atoms with E-state index < -0.39 is 18.3 Å². The Kier molecular flexibility index (Phi) is 5.82. The number of benzene rings is 2. The first-order chi connectivity index (χ1) is 16.8. The first-order valence-electron chi connectivity index (χ1n) is 11.3. The molecule has 0 aliphatic carbocycles. The van der Waals surface area contributed by atoms with Crippen molar-refractivity contribution in [3.05, 3.63) is 65.4 Å². The molecule has 3 aromatic rings. The molecule has 2 atom stereocenters. The maximum Gasteiger partial charge on any atom is 0.410 e. The molecule has 2 aliphatic rings. The van der Waals surface area contributed by atoms with Crippen molar-refractivity contribution in [2.45, 2.75) is 37.5 Å². The van der Waals surface area contributed by atoms with Crippen LogP contribution in [-0.2, 0) is 6.42 Å². The average molecular weight is 486 g/mol.